The number of ether oxygens (including phenoxy) is 1. The minimum absolute atomic E-state index is 0.0299. The Morgan fingerprint density at radius 3 is 2.89 bits per heavy atom. The van der Waals surface area contributed by atoms with Crippen molar-refractivity contribution in [1.82, 2.24) is 4.90 Å². The molecule has 2 rings (SSSR count). The number of carboxylic acid groups (broad SMARTS) is 1. The maximum Gasteiger partial charge on any atom is 0.336 e. The van der Waals surface area contributed by atoms with Crippen molar-refractivity contribution in [2.24, 2.45) is 0 Å². The normalized spacial score (nSPS) is 19.3. The van der Waals surface area contributed by atoms with Crippen LogP contribution < -0.4 is 0 Å². The minimum atomic E-state index is -1.10. The Morgan fingerprint density at radius 1 is 1.53 bits per heavy atom. The summed E-state index contributed by atoms with van der Waals surface area (Å²) in [5, 5.41) is 9.14. The van der Waals surface area contributed by atoms with Crippen LogP contribution in [0.2, 0.25) is 0 Å². The highest BCUT2D eigenvalue weighted by molar-refractivity contribution is 5.89. The van der Waals surface area contributed by atoms with Crippen LogP contribution >= 0.6 is 0 Å². The molecule has 1 aromatic carbocycles. The second kappa shape index (κ2) is 5.27. The second-order valence-electron chi connectivity index (χ2n) is 5.39. The van der Waals surface area contributed by atoms with Crippen molar-refractivity contribution >= 4 is 5.97 Å². The van der Waals surface area contributed by atoms with Gasteiger partial charge in [-0.2, -0.15) is 0 Å². The maximum atomic E-state index is 13.1. The molecule has 1 N–H and O–H groups in total. The number of rotatable bonds is 3. The van der Waals surface area contributed by atoms with E-state index in [0.717, 1.165) is 12.6 Å². The highest BCUT2D eigenvalue weighted by Gasteiger charge is 2.31. The van der Waals surface area contributed by atoms with E-state index < -0.39 is 11.8 Å². The van der Waals surface area contributed by atoms with E-state index in [1.54, 1.807) is 6.07 Å². The Kier molecular flexibility index (Phi) is 3.87. The molecule has 1 heterocycles. The van der Waals surface area contributed by atoms with Crippen LogP contribution in [0.5, 0.6) is 0 Å². The van der Waals surface area contributed by atoms with Gasteiger partial charge in [0.25, 0.3) is 0 Å². The van der Waals surface area contributed by atoms with Gasteiger partial charge in [-0.1, -0.05) is 6.07 Å². The molecule has 0 spiro atoms. The lowest BCUT2D eigenvalue weighted by Gasteiger charge is -2.42. The summed E-state index contributed by atoms with van der Waals surface area (Å²) in [4.78, 5) is 13.3. The molecule has 0 saturated carbocycles. The minimum Gasteiger partial charge on any atom is -0.478 e. The Balaban J connectivity index is 2.25. The molecule has 0 radical (unpaired) electrons. The fourth-order valence-corrected chi connectivity index (χ4v) is 2.27. The lowest BCUT2D eigenvalue weighted by molar-refractivity contribution is -0.0553. The van der Waals surface area contributed by atoms with Gasteiger partial charge < -0.3 is 9.84 Å². The zero-order valence-corrected chi connectivity index (χ0v) is 11.1. The first kappa shape index (κ1) is 14.0. The van der Waals surface area contributed by atoms with Crippen LogP contribution in [-0.4, -0.2) is 41.3 Å². The van der Waals surface area contributed by atoms with E-state index in [0.29, 0.717) is 25.3 Å². The van der Waals surface area contributed by atoms with E-state index in [2.05, 4.69) is 18.7 Å². The van der Waals surface area contributed by atoms with E-state index in [-0.39, 0.29) is 11.1 Å². The lowest BCUT2D eigenvalue weighted by Crippen LogP contribution is -2.52. The van der Waals surface area contributed by atoms with Crippen molar-refractivity contribution in [1.29, 1.82) is 0 Å². The Labute approximate surface area is 111 Å². The number of halogens is 1. The Hall–Kier alpha value is -1.46. The summed E-state index contributed by atoms with van der Waals surface area (Å²) in [6.07, 6.45) is 0. The van der Waals surface area contributed by atoms with Gasteiger partial charge in [-0.3, -0.25) is 4.90 Å². The third kappa shape index (κ3) is 3.11. The molecule has 1 aliphatic heterocycles. The number of nitrogens with zero attached hydrogens (tertiary/aromatic N) is 1. The molecule has 1 aromatic rings. The summed E-state index contributed by atoms with van der Waals surface area (Å²) in [5.41, 5.74) is 0.508. The van der Waals surface area contributed by atoms with Crippen LogP contribution in [-0.2, 0) is 11.3 Å². The first-order valence-corrected chi connectivity index (χ1v) is 6.25. The fourth-order valence-electron chi connectivity index (χ4n) is 2.27. The van der Waals surface area contributed by atoms with Gasteiger partial charge in [0, 0.05) is 18.6 Å². The van der Waals surface area contributed by atoms with E-state index in [1.807, 2.05) is 0 Å². The highest BCUT2D eigenvalue weighted by atomic mass is 19.1. The number of benzene rings is 1. The van der Waals surface area contributed by atoms with Crippen LogP contribution in [0.1, 0.15) is 29.8 Å². The van der Waals surface area contributed by atoms with Crippen molar-refractivity contribution in [3.05, 3.63) is 35.1 Å². The van der Waals surface area contributed by atoms with Gasteiger partial charge in [0.1, 0.15) is 5.82 Å². The molecule has 0 amide bonds. The van der Waals surface area contributed by atoms with Crippen LogP contribution in [0, 0.1) is 5.82 Å². The molecular formula is C14H18FNO3. The standard InChI is InChI=1S/C14H18FNO3/c1-14(2)9-19-6-5-16(14)8-10-3-4-11(15)7-12(10)13(17)18/h3-4,7H,5-6,8-9H2,1-2H3,(H,17,18). The number of aromatic carboxylic acids is 1. The van der Waals surface area contributed by atoms with Crippen molar-refractivity contribution in [2.45, 2.75) is 25.9 Å². The van der Waals surface area contributed by atoms with Gasteiger partial charge in [-0.15, -0.1) is 0 Å². The molecule has 0 atom stereocenters. The molecule has 1 aliphatic rings. The van der Waals surface area contributed by atoms with Gasteiger partial charge in [0.15, 0.2) is 0 Å². The monoisotopic (exact) mass is 267 g/mol. The number of hydrogen-bond donors (Lipinski definition) is 1. The summed E-state index contributed by atoms with van der Waals surface area (Å²) >= 11 is 0. The van der Waals surface area contributed by atoms with Crippen molar-refractivity contribution in [3.8, 4) is 0 Å². The lowest BCUT2D eigenvalue weighted by atomic mass is 9.99. The zero-order chi connectivity index (χ0) is 14.0. The maximum absolute atomic E-state index is 13.1. The van der Waals surface area contributed by atoms with Crippen molar-refractivity contribution < 1.29 is 19.0 Å². The van der Waals surface area contributed by atoms with E-state index in [1.165, 1.54) is 6.07 Å². The quantitative estimate of drug-likeness (QED) is 0.911. The highest BCUT2D eigenvalue weighted by Crippen LogP contribution is 2.23. The molecule has 104 valence electrons. The molecule has 5 heteroatoms. The first-order valence-electron chi connectivity index (χ1n) is 6.25. The second-order valence-corrected chi connectivity index (χ2v) is 5.39. The van der Waals surface area contributed by atoms with Gasteiger partial charge in [-0.25, -0.2) is 9.18 Å². The van der Waals surface area contributed by atoms with E-state index >= 15 is 0 Å². The molecule has 0 unspecified atom stereocenters. The molecule has 0 aromatic heterocycles. The van der Waals surface area contributed by atoms with Gasteiger partial charge in [0.05, 0.1) is 18.8 Å². The Morgan fingerprint density at radius 2 is 2.26 bits per heavy atom. The number of morpholine rings is 1. The fraction of sp³-hybridized carbons (Fsp3) is 0.500. The van der Waals surface area contributed by atoms with Crippen LogP contribution in [0.3, 0.4) is 0 Å². The first-order chi connectivity index (χ1) is 8.90. The number of hydrogen-bond acceptors (Lipinski definition) is 3. The van der Waals surface area contributed by atoms with E-state index in [9.17, 15) is 9.18 Å². The summed E-state index contributed by atoms with van der Waals surface area (Å²) in [6.45, 7) is 6.57. The van der Waals surface area contributed by atoms with E-state index in [4.69, 9.17) is 9.84 Å². The van der Waals surface area contributed by atoms with Gasteiger partial charge >= 0.3 is 5.97 Å². The average Bonchev–Trinajstić information content (AvgIpc) is 2.33. The summed E-state index contributed by atoms with van der Waals surface area (Å²) in [5.74, 6) is -1.62. The molecular weight excluding hydrogens is 249 g/mol. The number of carboxylic acids is 1. The molecule has 1 saturated heterocycles. The Bertz CT molecular complexity index is 488. The third-order valence-corrected chi connectivity index (χ3v) is 3.48. The third-order valence-electron chi connectivity index (χ3n) is 3.48. The predicted octanol–water partition coefficient (Wildman–Crippen LogP) is 2.13. The van der Waals surface area contributed by atoms with Gasteiger partial charge in [0.2, 0.25) is 0 Å². The molecule has 1 fully saturated rings. The predicted molar refractivity (Wildman–Crippen MR) is 68.7 cm³/mol. The van der Waals surface area contributed by atoms with Crippen molar-refractivity contribution in [3.63, 3.8) is 0 Å². The largest absolute Gasteiger partial charge is 0.478 e. The van der Waals surface area contributed by atoms with Gasteiger partial charge in [-0.05, 0) is 31.5 Å². The van der Waals surface area contributed by atoms with Crippen LogP contribution in [0.25, 0.3) is 0 Å². The molecule has 0 aliphatic carbocycles. The molecule has 0 bridgehead atoms. The summed E-state index contributed by atoms with van der Waals surface area (Å²) in [7, 11) is 0. The molecule has 19 heavy (non-hydrogen) atoms. The molecule has 4 nitrogen and oxygen atoms in total. The summed E-state index contributed by atoms with van der Waals surface area (Å²) < 4.78 is 18.6. The average molecular weight is 267 g/mol. The summed E-state index contributed by atoms with van der Waals surface area (Å²) in [6, 6.07) is 3.92. The van der Waals surface area contributed by atoms with Crippen molar-refractivity contribution in [2.75, 3.05) is 19.8 Å². The number of carbonyl (C=O) groups is 1. The zero-order valence-electron chi connectivity index (χ0n) is 11.1. The van der Waals surface area contributed by atoms with Crippen LogP contribution in [0.15, 0.2) is 18.2 Å². The topological polar surface area (TPSA) is 49.8 Å². The smallest absolute Gasteiger partial charge is 0.336 e. The SMILES string of the molecule is CC1(C)COCCN1Cc1ccc(F)cc1C(=O)O. The van der Waals surface area contributed by atoms with Crippen LogP contribution in [0.4, 0.5) is 4.39 Å².